The van der Waals surface area contributed by atoms with E-state index < -0.39 is 10.0 Å². The van der Waals surface area contributed by atoms with E-state index in [4.69, 9.17) is 4.74 Å². The molecule has 0 unspecified atom stereocenters. The van der Waals surface area contributed by atoms with Crippen molar-refractivity contribution in [3.05, 3.63) is 54.1 Å². The summed E-state index contributed by atoms with van der Waals surface area (Å²) in [4.78, 5) is 18.5. The van der Waals surface area contributed by atoms with Crippen LogP contribution >= 0.6 is 0 Å². The van der Waals surface area contributed by atoms with Crippen LogP contribution in [0, 0.1) is 12.8 Å². The summed E-state index contributed by atoms with van der Waals surface area (Å²) in [6, 6.07) is 15.3. The van der Waals surface area contributed by atoms with E-state index in [1.54, 1.807) is 12.1 Å². The van der Waals surface area contributed by atoms with Gasteiger partial charge >= 0.3 is 0 Å². The smallest absolute Gasteiger partial charge is 0.240 e. The van der Waals surface area contributed by atoms with E-state index in [1.165, 1.54) is 0 Å². The van der Waals surface area contributed by atoms with E-state index >= 15 is 0 Å². The third-order valence-corrected chi connectivity index (χ3v) is 8.91. The van der Waals surface area contributed by atoms with Crippen molar-refractivity contribution in [1.82, 2.24) is 14.6 Å². The van der Waals surface area contributed by atoms with Crippen molar-refractivity contribution in [2.24, 2.45) is 5.92 Å². The molecule has 1 aromatic heterocycles. The number of nitrogens with one attached hydrogen (secondary N) is 2. The van der Waals surface area contributed by atoms with Crippen molar-refractivity contribution >= 4 is 26.8 Å². The highest BCUT2D eigenvalue weighted by Crippen LogP contribution is 2.30. The Hall–Kier alpha value is -2.68. The highest BCUT2D eigenvalue weighted by atomic mass is 32.2. The van der Waals surface area contributed by atoms with Crippen LogP contribution in [0.25, 0.3) is 22.2 Å². The summed E-state index contributed by atoms with van der Waals surface area (Å²) in [5, 5.41) is 0.971. The molecular formula is C27H33N3O4S. The summed E-state index contributed by atoms with van der Waals surface area (Å²) in [6.45, 7) is 5.88. The predicted octanol–water partition coefficient (Wildman–Crippen LogP) is 4.23. The second kappa shape index (κ2) is 9.76. The number of morpholine rings is 1. The molecule has 2 N–H and O–H groups in total. The number of H-pyrrole nitrogens is 1. The Bertz CT molecular complexity index is 1330. The number of hydrogen-bond acceptors (Lipinski definition) is 4. The van der Waals surface area contributed by atoms with E-state index in [1.807, 2.05) is 30.0 Å². The van der Waals surface area contributed by atoms with Gasteiger partial charge in [-0.1, -0.05) is 30.3 Å². The highest BCUT2D eigenvalue weighted by Gasteiger charge is 2.34. The normalized spacial score (nSPS) is 23.5. The molecule has 1 atom stereocenters. The molecule has 0 spiro atoms. The van der Waals surface area contributed by atoms with Gasteiger partial charge in [-0.3, -0.25) is 4.79 Å². The quantitative estimate of drug-likeness (QED) is 0.554. The van der Waals surface area contributed by atoms with Crippen LogP contribution in [-0.2, 0) is 19.6 Å². The second-order valence-corrected chi connectivity index (χ2v) is 11.6. The molecule has 0 bridgehead atoms. The molecule has 186 valence electrons. The fraction of sp³-hybridized carbons (Fsp3) is 0.444. The molecule has 1 saturated heterocycles. The zero-order valence-electron chi connectivity index (χ0n) is 20.3. The number of nitrogens with zero attached hydrogens (tertiary/aromatic N) is 1. The topological polar surface area (TPSA) is 91.5 Å². The third-order valence-electron chi connectivity index (χ3n) is 7.39. The van der Waals surface area contributed by atoms with E-state index in [2.05, 4.69) is 34.8 Å². The number of fused-ring (bicyclic) bond motifs is 1. The number of rotatable bonds is 5. The van der Waals surface area contributed by atoms with E-state index in [-0.39, 0.29) is 28.8 Å². The van der Waals surface area contributed by atoms with Gasteiger partial charge in [0, 0.05) is 40.7 Å². The van der Waals surface area contributed by atoms with Crippen molar-refractivity contribution in [2.75, 3.05) is 19.8 Å². The first-order valence-electron chi connectivity index (χ1n) is 12.4. The Kier molecular flexibility index (Phi) is 6.70. The number of carbonyl (C=O) groups is 1. The average Bonchev–Trinajstić information content (AvgIpc) is 3.28. The maximum absolute atomic E-state index is 13.2. The summed E-state index contributed by atoms with van der Waals surface area (Å²) in [7, 11) is -3.66. The molecule has 2 fully saturated rings. The van der Waals surface area contributed by atoms with Gasteiger partial charge in [0.2, 0.25) is 15.9 Å². The number of amides is 1. The maximum Gasteiger partial charge on any atom is 0.240 e. The fourth-order valence-corrected chi connectivity index (χ4v) is 6.66. The van der Waals surface area contributed by atoms with Crippen LogP contribution in [0.4, 0.5) is 0 Å². The molecule has 8 heteroatoms. The van der Waals surface area contributed by atoms with Gasteiger partial charge in [0.15, 0.2) is 0 Å². The average molecular weight is 496 g/mol. The molecule has 2 heterocycles. The van der Waals surface area contributed by atoms with Gasteiger partial charge in [0.25, 0.3) is 0 Å². The minimum absolute atomic E-state index is 0.0357. The number of hydrogen-bond donors (Lipinski definition) is 2. The molecule has 35 heavy (non-hydrogen) atoms. The van der Waals surface area contributed by atoms with E-state index in [9.17, 15) is 13.2 Å². The van der Waals surface area contributed by atoms with Crippen LogP contribution < -0.4 is 4.72 Å². The standard InChI is InChI=1S/C27H33N3O4S/c1-18-5-3-4-6-24(18)26-15-21-9-12-23(16-25(21)28-26)35(32,33)29-22-10-7-20(8-11-22)27(31)30-13-14-34-17-19(30)2/h3-6,9,12,15-16,19-20,22,28-29H,7-8,10-11,13-14,17H2,1-2H3/t19-,20-,22-/m0/s1. The molecular weight excluding hydrogens is 462 g/mol. The van der Waals surface area contributed by atoms with Gasteiger partial charge < -0.3 is 14.6 Å². The molecule has 1 saturated carbocycles. The molecule has 1 aliphatic heterocycles. The Morgan fingerprint density at radius 3 is 2.60 bits per heavy atom. The number of aryl methyl sites for hydroxylation is 1. The fourth-order valence-electron chi connectivity index (χ4n) is 5.33. The maximum atomic E-state index is 13.2. The molecule has 1 aliphatic carbocycles. The Morgan fingerprint density at radius 2 is 1.86 bits per heavy atom. The highest BCUT2D eigenvalue weighted by molar-refractivity contribution is 7.89. The second-order valence-electron chi connectivity index (χ2n) is 9.87. The van der Waals surface area contributed by atoms with Gasteiger partial charge in [-0.2, -0.15) is 0 Å². The van der Waals surface area contributed by atoms with Gasteiger partial charge in [-0.25, -0.2) is 13.1 Å². The monoisotopic (exact) mass is 495 g/mol. The Morgan fingerprint density at radius 1 is 1.09 bits per heavy atom. The predicted molar refractivity (Wildman–Crippen MR) is 137 cm³/mol. The van der Waals surface area contributed by atoms with E-state index in [0.29, 0.717) is 45.4 Å². The molecule has 2 aliphatic rings. The lowest BCUT2D eigenvalue weighted by Crippen LogP contribution is -2.50. The molecule has 7 nitrogen and oxygen atoms in total. The first kappa shape index (κ1) is 24.0. The van der Waals surface area contributed by atoms with Crippen molar-refractivity contribution < 1.29 is 17.9 Å². The lowest BCUT2D eigenvalue weighted by atomic mass is 9.85. The van der Waals surface area contributed by atoms with Crippen molar-refractivity contribution in [2.45, 2.75) is 56.5 Å². The summed E-state index contributed by atoms with van der Waals surface area (Å²) < 4.78 is 34.7. The third kappa shape index (κ3) is 5.01. The van der Waals surface area contributed by atoms with Gasteiger partial charge in [-0.15, -0.1) is 0 Å². The van der Waals surface area contributed by atoms with Crippen LogP contribution in [-0.4, -0.2) is 56.1 Å². The van der Waals surface area contributed by atoms with Crippen LogP contribution in [0.2, 0.25) is 0 Å². The van der Waals surface area contributed by atoms with Crippen molar-refractivity contribution in [3.8, 4) is 11.3 Å². The Balaban J connectivity index is 1.25. The van der Waals surface area contributed by atoms with E-state index in [0.717, 1.165) is 27.7 Å². The summed E-state index contributed by atoms with van der Waals surface area (Å²) >= 11 is 0. The molecule has 2 aromatic carbocycles. The number of sulfonamides is 1. The van der Waals surface area contributed by atoms with Crippen LogP contribution in [0.15, 0.2) is 53.4 Å². The Labute approximate surface area is 206 Å². The van der Waals surface area contributed by atoms with Gasteiger partial charge in [0.05, 0.1) is 24.2 Å². The molecule has 5 rings (SSSR count). The molecule has 3 aromatic rings. The number of aromatic amines is 1. The minimum Gasteiger partial charge on any atom is -0.377 e. The van der Waals surface area contributed by atoms with Crippen LogP contribution in [0.5, 0.6) is 0 Å². The van der Waals surface area contributed by atoms with Crippen LogP contribution in [0.1, 0.15) is 38.2 Å². The van der Waals surface area contributed by atoms with Crippen molar-refractivity contribution in [3.63, 3.8) is 0 Å². The first-order valence-corrected chi connectivity index (χ1v) is 13.9. The zero-order chi connectivity index (χ0) is 24.6. The molecule has 0 radical (unpaired) electrons. The number of carbonyl (C=O) groups excluding carboxylic acids is 1. The SMILES string of the molecule is Cc1ccccc1-c1cc2ccc(S(=O)(=O)N[C@H]3CC[C@H](C(=O)N4CCOC[C@@H]4C)CC3)cc2[nH]1. The summed E-state index contributed by atoms with van der Waals surface area (Å²) in [5.41, 5.74) is 4.02. The number of benzene rings is 2. The minimum atomic E-state index is -3.66. The zero-order valence-corrected chi connectivity index (χ0v) is 21.1. The van der Waals surface area contributed by atoms with Crippen LogP contribution in [0.3, 0.4) is 0 Å². The number of aromatic nitrogens is 1. The number of ether oxygens (including phenoxy) is 1. The summed E-state index contributed by atoms with van der Waals surface area (Å²) in [6.07, 6.45) is 2.73. The van der Waals surface area contributed by atoms with Crippen molar-refractivity contribution in [1.29, 1.82) is 0 Å². The van der Waals surface area contributed by atoms with Gasteiger partial charge in [0.1, 0.15) is 0 Å². The lowest BCUT2D eigenvalue weighted by molar-refractivity contribution is -0.144. The van der Waals surface area contributed by atoms with Gasteiger partial charge in [-0.05, 0) is 63.3 Å². The largest absolute Gasteiger partial charge is 0.377 e. The first-order chi connectivity index (χ1) is 16.8. The lowest BCUT2D eigenvalue weighted by Gasteiger charge is -2.37. The molecule has 1 amide bonds. The summed E-state index contributed by atoms with van der Waals surface area (Å²) in [5.74, 6) is 0.148.